The minimum absolute atomic E-state index is 0.140. The maximum atomic E-state index is 13.0. The van der Waals surface area contributed by atoms with Gasteiger partial charge in [0.05, 0.1) is 34.9 Å². The molecule has 0 spiro atoms. The molecule has 0 bridgehead atoms. The molecule has 4 aromatic rings. The molecule has 4 heterocycles. The van der Waals surface area contributed by atoms with Crippen molar-refractivity contribution >= 4 is 28.4 Å². The van der Waals surface area contributed by atoms with Crippen molar-refractivity contribution in [3.63, 3.8) is 0 Å². The van der Waals surface area contributed by atoms with Crippen molar-refractivity contribution in [1.29, 1.82) is 0 Å². The highest BCUT2D eigenvalue weighted by Gasteiger charge is 2.38. The monoisotopic (exact) mass is 448 g/mol. The van der Waals surface area contributed by atoms with Gasteiger partial charge in [0.2, 0.25) is 0 Å². The summed E-state index contributed by atoms with van der Waals surface area (Å²) in [7, 11) is 3.35. The number of fused-ring (bicyclic) bond motifs is 2. The first-order valence-electron chi connectivity index (χ1n) is 10.6. The Kier molecular flexibility index (Phi) is 4.82. The van der Waals surface area contributed by atoms with Crippen LogP contribution in [0.4, 0.5) is 0 Å². The van der Waals surface area contributed by atoms with E-state index in [1.165, 1.54) is 0 Å². The molecule has 1 fully saturated rings. The summed E-state index contributed by atoms with van der Waals surface area (Å²) in [6.07, 6.45) is 2.80. The smallest absolute Gasteiger partial charge is 0.287 e. The lowest BCUT2D eigenvalue weighted by molar-refractivity contribution is -0.0357. The molecule has 170 valence electrons. The third kappa shape index (κ3) is 3.21. The van der Waals surface area contributed by atoms with E-state index in [0.717, 1.165) is 11.1 Å². The fourth-order valence-electron chi connectivity index (χ4n) is 4.22. The topological polar surface area (TPSA) is 114 Å². The predicted molar refractivity (Wildman–Crippen MR) is 121 cm³/mol. The van der Waals surface area contributed by atoms with Crippen LogP contribution >= 0.6 is 0 Å². The highest BCUT2D eigenvalue weighted by Crippen LogP contribution is 2.33. The third-order valence-corrected chi connectivity index (χ3v) is 6.32. The van der Waals surface area contributed by atoms with Gasteiger partial charge in [-0.15, -0.1) is 0 Å². The first kappa shape index (κ1) is 21.0. The summed E-state index contributed by atoms with van der Waals surface area (Å²) in [5.41, 5.74) is 3.39. The SMILES string of the molecule is CNC(=O)c1nc2cc(Oc3ccnn4cc(C(=O)N5C[C@@H](O)[C@H]5C)c(C)c34)ccc2n1C. The highest BCUT2D eigenvalue weighted by molar-refractivity contribution is 5.99. The van der Waals surface area contributed by atoms with Crippen LogP contribution < -0.4 is 10.1 Å². The molecule has 0 saturated carbocycles. The van der Waals surface area contributed by atoms with Crippen molar-refractivity contribution in [2.75, 3.05) is 13.6 Å². The molecule has 2 N–H and O–H groups in total. The van der Waals surface area contributed by atoms with E-state index in [2.05, 4.69) is 15.4 Å². The standard InChI is InChI=1S/C23H24N6O4/c1-12-15(23(32)28-11-18(30)13(28)2)10-29-20(12)19(7-8-25-29)33-14-5-6-17-16(9-14)26-21(27(17)4)22(31)24-3/h5-10,13,18,30H,11H2,1-4H3,(H,24,31)/t13-,18-/m1/s1. The first-order valence-corrected chi connectivity index (χ1v) is 10.6. The van der Waals surface area contributed by atoms with Gasteiger partial charge in [0.25, 0.3) is 11.8 Å². The molecular weight excluding hydrogens is 424 g/mol. The van der Waals surface area contributed by atoms with E-state index < -0.39 is 6.10 Å². The van der Waals surface area contributed by atoms with Gasteiger partial charge in [-0.2, -0.15) is 5.10 Å². The molecule has 1 aromatic carbocycles. The lowest BCUT2D eigenvalue weighted by Gasteiger charge is -2.43. The van der Waals surface area contributed by atoms with Gasteiger partial charge in [-0.1, -0.05) is 0 Å². The zero-order valence-corrected chi connectivity index (χ0v) is 18.7. The van der Waals surface area contributed by atoms with Gasteiger partial charge in [0.15, 0.2) is 11.6 Å². The quantitative estimate of drug-likeness (QED) is 0.493. The molecule has 0 aliphatic carbocycles. The van der Waals surface area contributed by atoms with Gasteiger partial charge in [-0.05, 0) is 31.5 Å². The van der Waals surface area contributed by atoms with Crippen LogP contribution in [0.5, 0.6) is 11.5 Å². The number of aliphatic hydroxyl groups is 1. The Morgan fingerprint density at radius 2 is 2.06 bits per heavy atom. The van der Waals surface area contributed by atoms with Crippen LogP contribution in [0.1, 0.15) is 33.5 Å². The number of benzene rings is 1. The Labute approximate surface area is 189 Å². The summed E-state index contributed by atoms with van der Waals surface area (Å²) in [5, 5.41) is 16.7. The van der Waals surface area contributed by atoms with Gasteiger partial charge < -0.3 is 24.6 Å². The van der Waals surface area contributed by atoms with Crippen LogP contribution in [0.2, 0.25) is 0 Å². The van der Waals surface area contributed by atoms with Crippen molar-refractivity contribution in [1.82, 2.24) is 29.4 Å². The second kappa shape index (κ2) is 7.59. The second-order valence-corrected chi connectivity index (χ2v) is 8.25. The number of hydrogen-bond acceptors (Lipinski definition) is 6. The van der Waals surface area contributed by atoms with Crippen molar-refractivity contribution in [2.24, 2.45) is 7.05 Å². The zero-order valence-electron chi connectivity index (χ0n) is 18.7. The Morgan fingerprint density at radius 3 is 2.76 bits per heavy atom. The number of hydrogen-bond donors (Lipinski definition) is 2. The lowest BCUT2D eigenvalue weighted by atomic mass is 9.99. The number of ether oxygens (including phenoxy) is 1. The summed E-state index contributed by atoms with van der Waals surface area (Å²) in [6, 6.07) is 6.95. The molecule has 33 heavy (non-hydrogen) atoms. The van der Waals surface area contributed by atoms with E-state index in [1.54, 1.807) is 52.6 Å². The molecule has 10 heteroatoms. The molecular formula is C23H24N6O4. The number of imidazole rings is 1. The van der Waals surface area contributed by atoms with E-state index in [1.807, 2.05) is 26.0 Å². The van der Waals surface area contributed by atoms with E-state index in [9.17, 15) is 14.7 Å². The number of aryl methyl sites for hydroxylation is 2. The van der Waals surface area contributed by atoms with Crippen LogP contribution in [0, 0.1) is 6.92 Å². The number of nitrogens with one attached hydrogen (secondary N) is 1. The molecule has 1 aliphatic heterocycles. The number of carbonyl (C=O) groups is 2. The Morgan fingerprint density at radius 1 is 1.27 bits per heavy atom. The Hall–Kier alpha value is -3.92. The highest BCUT2D eigenvalue weighted by atomic mass is 16.5. The summed E-state index contributed by atoms with van der Waals surface area (Å²) < 4.78 is 9.53. The molecule has 5 rings (SSSR count). The number of aliphatic hydroxyl groups excluding tert-OH is 1. The number of rotatable bonds is 4. The van der Waals surface area contributed by atoms with Crippen molar-refractivity contribution in [3.05, 3.63) is 53.6 Å². The van der Waals surface area contributed by atoms with Crippen LogP contribution in [-0.2, 0) is 7.05 Å². The maximum absolute atomic E-state index is 13.0. The fraction of sp³-hybridized carbons (Fsp3) is 0.304. The van der Waals surface area contributed by atoms with E-state index in [4.69, 9.17) is 4.74 Å². The Balaban J connectivity index is 1.50. The molecule has 1 saturated heterocycles. The van der Waals surface area contributed by atoms with Gasteiger partial charge in [-0.3, -0.25) is 9.59 Å². The van der Waals surface area contributed by atoms with E-state index >= 15 is 0 Å². The lowest BCUT2D eigenvalue weighted by Crippen LogP contribution is -2.60. The van der Waals surface area contributed by atoms with Crippen molar-refractivity contribution in [2.45, 2.75) is 26.0 Å². The van der Waals surface area contributed by atoms with Gasteiger partial charge >= 0.3 is 0 Å². The molecule has 2 amide bonds. The largest absolute Gasteiger partial charge is 0.455 e. The predicted octanol–water partition coefficient (Wildman–Crippen LogP) is 1.89. The van der Waals surface area contributed by atoms with E-state index in [0.29, 0.717) is 40.5 Å². The van der Waals surface area contributed by atoms with Gasteiger partial charge in [0, 0.05) is 39.0 Å². The first-order chi connectivity index (χ1) is 15.8. The molecule has 0 unspecified atom stereocenters. The summed E-state index contributed by atoms with van der Waals surface area (Å²) in [4.78, 5) is 31.1. The minimum atomic E-state index is -0.492. The molecule has 10 nitrogen and oxygen atoms in total. The van der Waals surface area contributed by atoms with Crippen LogP contribution in [0.25, 0.3) is 16.6 Å². The van der Waals surface area contributed by atoms with Crippen LogP contribution in [0.3, 0.4) is 0 Å². The second-order valence-electron chi connectivity index (χ2n) is 8.25. The maximum Gasteiger partial charge on any atom is 0.287 e. The number of carbonyl (C=O) groups excluding carboxylic acids is 2. The van der Waals surface area contributed by atoms with Crippen molar-refractivity contribution in [3.8, 4) is 11.5 Å². The summed E-state index contributed by atoms with van der Waals surface area (Å²) >= 11 is 0. The Bertz CT molecular complexity index is 1420. The number of aromatic nitrogens is 4. The average Bonchev–Trinajstić information content (AvgIpc) is 3.33. The van der Waals surface area contributed by atoms with Crippen LogP contribution in [-0.4, -0.2) is 66.7 Å². The summed E-state index contributed by atoms with van der Waals surface area (Å²) in [6.45, 7) is 4.01. The molecule has 0 radical (unpaired) electrons. The van der Waals surface area contributed by atoms with E-state index in [-0.39, 0.29) is 17.9 Å². The molecule has 2 atom stereocenters. The number of amides is 2. The molecule has 1 aliphatic rings. The number of β-amino-alcohol motifs (C(OH)–C–C–N with tert-alkyl or cyclic N) is 1. The minimum Gasteiger partial charge on any atom is -0.455 e. The van der Waals surface area contributed by atoms with Gasteiger partial charge in [0.1, 0.15) is 11.3 Å². The fourth-order valence-corrected chi connectivity index (χ4v) is 4.22. The summed E-state index contributed by atoms with van der Waals surface area (Å²) in [5.74, 6) is 0.993. The van der Waals surface area contributed by atoms with Crippen LogP contribution in [0.15, 0.2) is 36.7 Å². The van der Waals surface area contributed by atoms with Gasteiger partial charge in [-0.25, -0.2) is 9.50 Å². The average molecular weight is 448 g/mol. The normalized spacial score (nSPS) is 17.9. The number of likely N-dealkylation sites (tertiary alicyclic amines) is 1. The zero-order chi connectivity index (χ0) is 23.4. The molecule has 3 aromatic heterocycles. The number of nitrogens with zero attached hydrogens (tertiary/aromatic N) is 5. The van der Waals surface area contributed by atoms with Crippen molar-refractivity contribution < 1.29 is 19.4 Å². The third-order valence-electron chi connectivity index (χ3n) is 6.32.